The van der Waals surface area contributed by atoms with E-state index in [-0.39, 0.29) is 0 Å². The van der Waals surface area contributed by atoms with Crippen LogP contribution in [0.25, 0.3) is 0 Å². The average Bonchev–Trinajstić information content (AvgIpc) is 2.68. The third-order valence-electron chi connectivity index (χ3n) is 1.93. The van der Waals surface area contributed by atoms with Crippen LogP contribution in [-0.2, 0) is 0 Å². The number of aryl methyl sites for hydroxylation is 1. The highest BCUT2D eigenvalue weighted by Crippen LogP contribution is 2.22. The van der Waals surface area contributed by atoms with Gasteiger partial charge in [-0.1, -0.05) is 23.2 Å². The molecule has 6 heteroatoms. The number of pyridine rings is 1. The molecule has 0 aliphatic heterocycles. The Morgan fingerprint density at radius 2 is 2.24 bits per heavy atom. The van der Waals surface area contributed by atoms with E-state index in [1.165, 1.54) is 6.20 Å². The van der Waals surface area contributed by atoms with E-state index >= 15 is 0 Å². The molecule has 0 amide bonds. The van der Waals surface area contributed by atoms with E-state index < -0.39 is 0 Å². The molecule has 17 heavy (non-hydrogen) atoms. The van der Waals surface area contributed by atoms with E-state index in [9.17, 15) is 0 Å². The summed E-state index contributed by atoms with van der Waals surface area (Å²) in [5, 5.41) is 4.84. The van der Waals surface area contributed by atoms with E-state index in [4.69, 9.17) is 27.6 Å². The fourth-order valence-corrected chi connectivity index (χ4v) is 1.60. The summed E-state index contributed by atoms with van der Waals surface area (Å²) >= 11 is 11.6. The van der Waals surface area contributed by atoms with Gasteiger partial charge in [-0.15, -0.1) is 0 Å². The highest BCUT2D eigenvalue weighted by atomic mass is 35.5. The second kappa shape index (κ2) is 5.21. The van der Waals surface area contributed by atoms with Crippen molar-refractivity contribution in [3.05, 3.63) is 46.0 Å². The monoisotopic (exact) mass is 269 g/mol. The number of furan rings is 1. The van der Waals surface area contributed by atoms with Crippen molar-refractivity contribution < 1.29 is 4.42 Å². The predicted molar refractivity (Wildman–Crippen MR) is 68.9 cm³/mol. The first-order valence-corrected chi connectivity index (χ1v) is 5.57. The third-order valence-corrected chi connectivity index (χ3v) is 2.43. The standard InChI is InChI=1S/C11H9Cl2N3O/c1-7-2-3-9(17-7)6-15-16-11-10(13)4-8(12)5-14-11/h2-6H,1H3,(H,14,16)/b15-6-. The van der Waals surface area contributed by atoms with Gasteiger partial charge in [-0.2, -0.15) is 5.10 Å². The Balaban J connectivity index is 2.04. The summed E-state index contributed by atoms with van der Waals surface area (Å²) in [7, 11) is 0. The lowest BCUT2D eigenvalue weighted by molar-refractivity contribution is 0.528. The SMILES string of the molecule is Cc1ccc(/C=N\Nc2ncc(Cl)cc2Cl)o1. The van der Waals surface area contributed by atoms with Crippen molar-refractivity contribution >= 4 is 35.2 Å². The maximum Gasteiger partial charge on any atom is 0.165 e. The molecule has 2 aromatic rings. The molecule has 2 aromatic heterocycles. The molecule has 0 unspecified atom stereocenters. The van der Waals surface area contributed by atoms with Crippen molar-refractivity contribution in [1.29, 1.82) is 0 Å². The minimum absolute atomic E-state index is 0.408. The van der Waals surface area contributed by atoms with Gasteiger partial charge in [0.25, 0.3) is 0 Å². The highest BCUT2D eigenvalue weighted by molar-refractivity contribution is 6.35. The summed E-state index contributed by atoms with van der Waals surface area (Å²) in [5.74, 6) is 1.92. The van der Waals surface area contributed by atoms with Crippen LogP contribution in [0.1, 0.15) is 11.5 Å². The molecule has 0 aromatic carbocycles. The molecule has 0 spiro atoms. The molecule has 2 heterocycles. The second-order valence-electron chi connectivity index (χ2n) is 3.30. The molecule has 0 aliphatic carbocycles. The van der Waals surface area contributed by atoms with E-state index in [2.05, 4.69) is 15.5 Å². The van der Waals surface area contributed by atoms with Gasteiger partial charge >= 0.3 is 0 Å². The van der Waals surface area contributed by atoms with Crippen LogP contribution < -0.4 is 5.43 Å². The Bertz CT molecular complexity index is 551. The highest BCUT2D eigenvalue weighted by Gasteiger charge is 2.01. The lowest BCUT2D eigenvalue weighted by atomic mass is 10.4. The van der Waals surface area contributed by atoms with Gasteiger partial charge in [0.2, 0.25) is 0 Å². The number of hydrogen-bond acceptors (Lipinski definition) is 4. The molecular formula is C11H9Cl2N3O. The van der Waals surface area contributed by atoms with Crippen LogP contribution in [0.4, 0.5) is 5.82 Å². The zero-order chi connectivity index (χ0) is 12.3. The van der Waals surface area contributed by atoms with Gasteiger partial charge in [0.1, 0.15) is 11.5 Å². The smallest absolute Gasteiger partial charge is 0.165 e. The van der Waals surface area contributed by atoms with Crippen molar-refractivity contribution in [1.82, 2.24) is 4.98 Å². The Labute approximate surface area is 108 Å². The third kappa shape index (κ3) is 3.22. The zero-order valence-corrected chi connectivity index (χ0v) is 10.5. The van der Waals surface area contributed by atoms with Crippen LogP contribution >= 0.6 is 23.2 Å². The minimum atomic E-state index is 0.408. The van der Waals surface area contributed by atoms with Crippen LogP contribution in [0.5, 0.6) is 0 Å². The molecule has 88 valence electrons. The molecule has 0 fully saturated rings. The Morgan fingerprint density at radius 3 is 2.88 bits per heavy atom. The predicted octanol–water partition coefficient (Wildman–Crippen LogP) is 3.74. The maximum absolute atomic E-state index is 5.91. The first-order chi connectivity index (χ1) is 8.15. The summed E-state index contributed by atoms with van der Waals surface area (Å²) in [6, 6.07) is 5.26. The lowest BCUT2D eigenvalue weighted by Gasteiger charge is -2.01. The number of halogens is 2. The van der Waals surface area contributed by atoms with E-state index in [0.717, 1.165) is 5.76 Å². The normalized spacial score (nSPS) is 11.0. The molecule has 0 aliphatic rings. The fourth-order valence-electron chi connectivity index (χ4n) is 1.18. The van der Waals surface area contributed by atoms with Crippen molar-refractivity contribution in [3.63, 3.8) is 0 Å². The fraction of sp³-hybridized carbons (Fsp3) is 0.0909. The van der Waals surface area contributed by atoms with Gasteiger partial charge in [-0.25, -0.2) is 4.98 Å². The molecule has 0 saturated carbocycles. The number of nitrogens with one attached hydrogen (secondary N) is 1. The molecule has 0 bridgehead atoms. The van der Waals surface area contributed by atoms with E-state index in [1.54, 1.807) is 12.3 Å². The van der Waals surface area contributed by atoms with Gasteiger partial charge in [0.05, 0.1) is 16.3 Å². The van der Waals surface area contributed by atoms with Gasteiger partial charge in [0.15, 0.2) is 5.82 Å². The zero-order valence-electron chi connectivity index (χ0n) is 8.95. The maximum atomic E-state index is 5.91. The van der Waals surface area contributed by atoms with Crippen molar-refractivity contribution in [2.24, 2.45) is 5.10 Å². The molecule has 1 N–H and O–H groups in total. The molecule has 2 rings (SSSR count). The quantitative estimate of drug-likeness (QED) is 0.682. The van der Waals surface area contributed by atoms with Crippen LogP contribution in [0, 0.1) is 6.92 Å². The number of nitrogens with zero attached hydrogens (tertiary/aromatic N) is 2. The number of aromatic nitrogens is 1. The Morgan fingerprint density at radius 1 is 1.41 bits per heavy atom. The summed E-state index contributed by atoms with van der Waals surface area (Å²) in [6.07, 6.45) is 3.03. The van der Waals surface area contributed by atoms with Crippen LogP contribution in [-0.4, -0.2) is 11.2 Å². The summed E-state index contributed by atoms with van der Waals surface area (Å²) in [5.41, 5.74) is 2.71. The van der Waals surface area contributed by atoms with Crippen LogP contribution in [0.2, 0.25) is 10.0 Å². The number of anilines is 1. The van der Waals surface area contributed by atoms with Crippen molar-refractivity contribution in [2.45, 2.75) is 6.92 Å². The Kier molecular flexibility index (Phi) is 3.66. The topological polar surface area (TPSA) is 50.4 Å². The summed E-state index contributed by atoms with van der Waals surface area (Å²) in [6.45, 7) is 1.86. The van der Waals surface area contributed by atoms with Gasteiger partial charge in [0, 0.05) is 6.20 Å². The van der Waals surface area contributed by atoms with E-state index in [1.807, 2.05) is 19.1 Å². The molecule has 0 radical (unpaired) electrons. The van der Waals surface area contributed by atoms with Gasteiger partial charge < -0.3 is 4.42 Å². The van der Waals surface area contributed by atoms with Crippen LogP contribution in [0.15, 0.2) is 33.9 Å². The largest absolute Gasteiger partial charge is 0.460 e. The van der Waals surface area contributed by atoms with E-state index in [0.29, 0.717) is 21.6 Å². The lowest BCUT2D eigenvalue weighted by Crippen LogP contribution is -1.93. The summed E-state index contributed by atoms with van der Waals surface area (Å²) < 4.78 is 5.31. The number of hydrogen-bond donors (Lipinski definition) is 1. The van der Waals surface area contributed by atoms with Gasteiger partial charge in [-0.3, -0.25) is 5.43 Å². The Hall–Kier alpha value is -1.52. The van der Waals surface area contributed by atoms with Gasteiger partial charge in [-0.05, 0) is 25.1 Å². The first kappa shape index (κ1) is 12.0. The minimum Gasteiger partial charge on any atom is -0.460 e. The average molecular weight is 270 g/mol. The van der Waals surface area contributed by atoms with Crippen molar-refractivity contribution in [2.75, 3.05) is 5.43 Å². The molecular weight excluding hydrogens is 261 g/mol. The molecule has 0 saturated heterocycles. The summed E-state index contributed by atoms with van der Waals surface area (Å²) in [4.78, 5) is 3.99. The van der Waals surface area contributed by atoms with Crippen LogP contribution in [0.3, 0.4) is 0 Å². The van der Waals surface area contributed by atoms with Crippen molar-refractivity contribution in [3.8, 4) is 0 Å². The second-order valence-corrected chi connectivity index (χ2v) is 4.15. The molecule has 4 nitrogen and oxygen atoms in total. The number of rotatable bonds is 3. The number of hydrazone groups is 1. The first-order valence-electron chi connectivity index (χ1n) is 4.82. The molecule has 0 atom stereocenters.